The number of non-ortho nitro benzene ring substituents is 1. The third kappa shape index (κ3) is 3.11. The van der Waals surface area contributed by atoms with Gasteiger partial charge in [0.25, 0.3) is 5.69 Å². The number of nitrogens with zero attached hydrogens (tertiary/aromatic N) is 1. The summed E-state index contributed by atoms with van der Waals surface area (Å²) >= 11 is 1.04. The predicted molar refractivity (Wildman–Crippen MR) is 75.0 cm³/mol. The topological polar surface area (TPSA) is 106 Å². The Morgan fingerprint density at radius 2 is 1.86 bits per heavy atom. The molecule has 0 aromatic heterocycles. The van der Waals surface area contributed by atoms with Crippen molar-refractivity contribution in [3.8, 4) is 0 Å². The SMILES string of the molecule is Nc1c(F)ccc(Sc2ccc([N+](=O)[O-])cc2)c1C(=O)O. The number of nitrogen functional groups attached to an aromatic ring is 1. The highest BCUT2D eigenvalue weighted by Crippen LogP contribution is 2.34. The number of nitrogens with two attached hydrogens (primary N) is 1. The second-order valence-corrected chi connectivity index (χ2v) is 5.11. The standard InChI is InChI=1S/C13H9FN2O4S/c14-9-5-6-10(11(12(9)15)13(17)18)21-8-3-1-7(2-4-8)16(19)20/h1-6H,15H2,(H,17,18). The minimum atomic E-state index is -1.34. The van der Waals surface area contributed by atoms with Crippen LogP contribution in [-0.2, 0) is 0 Å². The number of nitro benzene ring substituents is 1. The molecule has 0 atom stereocenters. The lowest BCUT2D eigenvalue weighted by molar-refractivity contribution is -0.384. The Morgan fingerprint density at radius 3 is 2.38 bits per heavy atom. The maximum Gasteiger partial charge on any atom is 0.339 e. The summed E-state index contributed by atoms with van der Waals surface area (Å²) in [6.07, 6.45) is 0. The number of benzene rings is 2. The third-order valence-electron chi connectivity index (χ3n) is 2.64. The average molecular weight is 308 g/mol. The van der Waals surface area contributed by atoms with Crippen molar-refractivity contribution in [2.45, 2.75) is 9.79 Å². The number of carboxylic acid groups (broad SMARTS) is 1. The zero-order chi connectivity index (χ0) is 15.6. The number of hydrogen-bond donors (Lipinski definition) is 2. The molecule has 0 heterocycles. The van der Waals surface area contributed by atoms with E-state index in [-0.39, 0.29) is 16.1 Å². The van der Waals surface area contributed by atoms with E-state index in [1.807, 2.05) is 0 Å². The first-order valence-corrected chi connectivity index (χ1v) is 6.45. The molecule has 6 nitrogen and oxygen atoms in total. The van der Waals surface area contributed by atoms with E-state index in [0.29, 0.717) is 4.90 Å². The number of aromatic carboxylic acids is 1. The molecule has 0 saturated heterocycles. The summed E-state index contributed by atoms with van der Waals surface area (Å²) in [7, 11) is 0. The number of carboxylic acids is 1. The molecule has 0 aliphatic heterocycles. The van der Waals surface area contributed by atoms with Gasteiger partial charge in [0.2, 0.25) is 0 Å². The minimum Gasteiger partial charge on any atom is -0.478 e. The smallest absolute Gasteiger partial charge is 0.339 e. The summed E-state index contributed by atoms with van der Waals surface area (Å²) in [6.45, 7) is 0. The lowest BCUT2D eigenvalue weighted by atomic mass is 10.2. The van der Waals surface area contributed by atoms with Crippen LogP contribution in [-0.4, -0.2) is 16.0 Å². The number of halogens is 1. The van der Waals surface area contributed by atoms with Gasteiger partial charge in [-0.05, 0) is 24.3 Å². The van der Waals surface area contributed by atoms with Crippen LogP contribution in [0.25, 0.3) is 0 Å². The molecule has 0 aliphatic carbocycles. The Kier molecular flexibility index (Phi) is 4.08. The third-order valence-corrected chi connectivity index (χ3v) is 3.71. The molecule has 108 valence electrons. The summed E-state index contributed by atoms with van der Waals surface area (Å²) in [4.78, 5) is 22.0. The minimum absolute atomic E-state index is 0.0728. The van der Waals surface area contributed by atoms with E-state index in [0.717, 1.165) is 17.8 Å². The molecule has 0 saturated carbocycles. The Labute approximate surface area is 122 Å². The summed E-state index contributed by atoms with van der Waals surface area (Å²) < 4.78 is 13.3. The highest BCUT2D eigenvalue weighted by Gasteiger charge is 2.18. The van der Waals surface area contributed by atoms with Gasteiger partial charge in [-0.25, -0.2) is 9.18 Å². The molecule has 0 unspecified atom stereocenters. The molecular weight excluding hydrogens is 299 g/mol. The van der Waals surface area contributed by atoms with Gasteiger partial charge in [-0.15, -0.1) is 0 Å². The van der Waals surface area contributed by atoms with Crippen molar-refractivity contribution in [3.63, 3.8) is 0 Å². The second-order valence-electron chi connectivity index (χ2n) is 3.99. The highest BCUT2D eigenvalue weighted by atomic mass is 32.2. The number of rotatable bonds is 4. The van der Waals surface area contributed by atoms with Gasteiger partial charge in [-0.2, -0.15) is 0 Å². The summed E-state index contributed by atoms with van der Waals surface area (Å²) in [6, 6.07) is 7.95. The Morgan fingerprint density at radius 1 is 1.24 bits per heavy atom. The van der Waals surface area contributed by atoms with Crippen molar-refractivity contribution >= 4 is 29.1 Å². The Hall–Kier alpha value is -2.61. The van der Waals surface area contributed by atoms with Crippen LogP contribution in [0.1, 0.15) is 10.4 Å². The van der Waals surface area contributed by atoms with E-state index >= 15 is 0 Å². The lowest BCUT2D eigenvalue weighted by Gasteiger charge is -2.09. The van der Waals surface area contributed by atoms with Crippen LogP contribution >= 0.6 is 11.8 Å². The maximum atomic E-state index is 13.3. The fraction of sp³-hybridized carbons (Fsp3) is 0. The quantitative estimate of drug-likeness (QED) is 0.510. The van der Waals surface area contributed by atoms with E-state index < -0.39 is 22.4 Å². The normalized spacial score (nSPS) is 10.3. The lowest BCUT2D eigenvalue weighted by Crippen LogP contribution is -2.06. The molecule has 0 amide bonds. The molecule has 2 aromatic carbocycles. The zero-order valence-electron chi connectivity index (χ0n) is 10.4. The first-order valence-electron chi connectivity index (χ1n) is 5.63. The van der Waals surface area contributed by atoms with Gasteiger partial charge in [0.1, 0.15) is 5.82 Å². The first-order chi connectivity index (χ1) is 9.90. The molecule has 8 heteroatoms. The number of carbonyl (C=O) groups is 1. The fourth-order valence-electron chi connectivity index (χ4n) is 1.64. The summed E-state index contributed by atoms with van der Waals surface area (Å²) in [5.41, 5.74) is 4.61. The maximum absolute atomic E-state index is 13.3. The van der Waals surface area contributed by atoms with E-state index in [1.54, 1.807) is 0 Å². The number of hydrogen-bond acceptors (Lipinski definition) is 5. The molecule has 0 spiro atoms. The van der Waals surface area contributed by atoms with Gasteiger partial charge in [-0.1, -0.05) is 11.8 Å². The van der Waals surface area contributed by atoms with Crippen LogP contribution in [0.4, 0.5) is 15.8 Å². The van der Waals surface area contributed by atoms with Gasteiger partial charge in [0.05, 0.1) is 16.2 Å². The molecule has 0 aliphatic rings. The monoisotopic (exact) mass is 308 g/mol. The Balaban J connectivity index is 2.37. The molecule has 0 fully saturated rings. The second kappa shape index (κ2) is 5.80. The van der Waals surface area contributed by atoms with Gasteiger partial charge in [0.15, 0.2) is 0 Å². The first kappa shape index (κ1) is 14.8. The fourth-order valence-corrected chi connectivity index (χ4v) is 2.60. The molecule has 0 bridgehead atoms. The van der Waals surface area contributed by atoms with Crippen molar-refractivity contribution in [2.75, 3.05) is 5.73 Å². The van der Waals surface area contributed by atoms with Gasteiger partial charge in [-0.3, -0.25) is 10.1 Å². The van der Waals surface area contributed by atoms with Crippen LogP contribution < -0.4 is 5.73 Å². The summed E-state index contributed by atoms with van der Waals surface area (Å²) in [5.74, 6) is -2.14. The largest absolute Gasteiger partial charge is 0.478 e. The molecule has 3 N–H and O–H groups in total. The van der Waals surface area contributed by atoms with Crippen molar-refractivity contribution in [1.82, 2.24) is 0 Å². The van der Waals surface area contributed by atoms with Crippen molar-refractivity contribution in [2.24, 2.45) is 0 Å². The van der Waals surface area contributed by atoms with Crippen molar-refractivity contribution in [1.29, 1.82) is 0 Å². The van der Waals surface area contributed by atoms with Crippen LogP contribution in [0.3, 0.4) is 0 Å². The molecule has 2 aromatic rings. The average Bonchev–Trinajstić information content (AvgIpc) is 2.43. The van der Waals surface area contributed by atoms with Crippen LogP contribution in [0, 0.1) is 15.9 Å². The van der Waals surface area contributed by atoms with Gasteiger partial charge < -0.3 is 10.8 Å². The van der Waals surface area contributed by atoms with Crippen LogP contribution in [0.15, 0.2) is 46.2 Å². The molecular formula is C13H9FN2O4S. The van der Waals surface area contributed by atoms with E-state index in [1.165, 1.54) is 30.3 Å². The van der Waals surface area contributed by atoms with E-state index in [4.69, 9.17) is 10.8 Å². The molecule has 0 radical (unpaired) electrons. The van der Waals surface area contributed by atoms with Crippen molar-refractivity contribution < 1.29 is 19.2 Å². The van der Waals surface area contributed by atoms with Crippen LogP contribution in [0.2, 0.25) is 0 Å². The predicted octanol–water partition coefficient (Wildman–Crippen LogP) is 3.17. The van der Waals surface area contributed by atoms with Gasteiger partial charge in [0, 0.05) is 21.9 Å². The number of anilines is 1. The molecule has 2 rings (SSSR count). The number of nitro groups is 1. The van der Waals surface area contributed by atoms with Gasteiger partial charge >= 0.3 is 5.97 Å². The molecule has 21 heavy (non-hydrogen) atoms. The summed E-state index contributed by atoms with van der Waals surface area (Å²) in [5, 5.41) is 19.7. The van der Waals surface area contributed by atoms with E-state index in [2.05, 4.69) is 0 Å². The zero-order valence-corrected chi connectivity index (χ0v) is 11.3. The highest BCUT2D eigenvalue weighted by molar-refractivity contribution is 7.99. The van der Waals surface area contributed by atoms with Crippen molar-refractivity contribution in [3.05, 3.63) is 57.9 Å². The van der Waals surface area contributed by atoms with Crippen LogP contribution in [0.5, 0.6) is 0 Å². The Bertz CT molecular complexity index is 719. The van der Waals surface area contributed by atoms with E-state index in [9.17, 15) is 19.3 Å².